The van der Waals surface area contributed by atoms with Gasteiger partial charge >= 0.3 is 0 Å². The van der Waals surface area contributed by atoms with Gasteiger partial charge in [0.1, 0.15) is 0 Å². The Labute approximate surface area is 123 Å². The molecule has 0 radical (unpaired) electrons. The second-order valence-electron chi connectivity index (χ2n) is 4.26. The summed E-state index contributed by atoms with van der Waals surface area (Å²) in [5, 5.41) is 1.24. The number of carbonyl (C=O) groups is 1. The van der Waals surface area contributed by atoms with Gasteiger partial charge in [-0.15, -0.1) is 11.8 Å². The molecule has 104 valence electrons. The lowest BCUT2D eigenvalue weighted by Crippen LogP contribution is -2.25. The van der Waals surface area contributed by atoms with Crippen LogP contribution in [0.2, 0.25) is 0 Å². The van der Waals surface area contributed by atoms with Gasteiger partial charge in [-0.2, -0.15) is 0 Å². The standard InChI is InChI=1S/C16H17NO2S/c1-17(19-2)16(18)14-10-6-7-11-15(14)20-12-13-8-4-3-5-9-13/h3-11H,12H2,1-2H3. The molecule has 3 nitrogen and oxygen atoms in total. The van der Waals surface area contributed by atoms with E-state index in [0.29, 0.717) is 5.56 Å². The van der Waals surface area contributed by atoms with E-state index in [1.54, 1.807) is 18.8 Å². The maximum Gasteiger partial charge on any atom is 0.278 e. The van der Waals surface area contributed by atoms with E-state index in [1.807, 2.05) is 42.5 Å². The van der Waals surface area contributed by atoms with Crippen molar-refractivity contribution in [1.82, 2.24) is 5.06 Å². The third kappa shape index (κ3) is 3.62. The second kappa shape index (κ2) is 7.12. The van der Waals surface area contributed by atoms with Gasteiger partial charge in [-0.1, -0.05) is 42.5 Å². The Bertz CT molecular complexity index is 572. The van der Waals surface area contributed by atoms with Gasteiger partial charge in [0.25, 0.3) is 5.91 Å². The van der Waals surface area contributed by atoms with Crippen molar-refractivity contribution >= 4 is 17.7 Å². The SMILES string of the molecule is CON(C)C(=O)c1ccccc1SCc1ccccc1. The average molecular weight is 287 g/mol. The van der Waals surface area contributed by atoms with Crippen LogP contribution in [0.1, 0.15) is 15.9 Å². The molecule has 0 aromatic heterocycles. The molecule has 0 unspecified atom stereocenters. The summed E-state index contributed by atoms with van der Waals surface area (Å²) in [4.78, 5) is 18.1. The van der Waals surface area contributed by atoms with E-state index in [2.05, 4.69) is 12.1 Å². The second-order valence-corrected chi connectivity index (χ2v) is 5.27. The summed E-state index contributed by atoms with van der Waals surface area (Å²) in [7, 11) is 3.10. The lowest BCUT2D eigenvalue weighted by atomic mass is 10.2. The Morgan fingerprint density at radius 3 is 2.45 bits per heavy atom. The quantitative estimate of drug-likeness (QED) is 0.621. The first kappa shape index (κ1) is 14.6. The van der Waals surface area contributed by atoms with Gasteiger partial charge in [-0.3, -0.25) is 9.63 Å². The Balaban J connectivity index is 2.14. The third-order valence-electron chi connectivity index (χ3n) is 2.91. The lowest BCUT2D eigenvalue weighted by molar-refractivity contribution is -0.0759. The molecule has 0 heterocycles. The van der Waals surface area contributed by atoms with Crippen LogP contribution in [0.15, 0.2) is 59.5 Å². The fourth-order valence-corrected chi connectivity index (χ4v) is 2.76. The molecule has 1 amide bonds. The van der Waals surface area contributed by atoms with Crippen LogP contribution in [-0.4, -0.2) is 25.1 Å². The number of carbonyl (C=O) groups excluding carboxylic acids is 1. The van der Waals surface area contributed by atoms with E-state index < -0.39 is 0 Å². The lowest BCUT2D eigenvalue weighted by Gasteiger charge is -2.15. The molecule has 0 N–H and O–H groups in total. The number of hydrogen-bond acceptors (Lipinski definition) is 3. The van der Waals surface area contributed by atoms with Gasteiger partial charge in [-0.25, -0.2) is 5.06 Å². The van der Waals surface area contributed by atoms with Crippen molar-refractivity contribution in [1.29, 1.82) is 0 Å². The first-order valence-corrected chi connectivity index (χ1v) is 7.29. The Hall–Kier alpha value is -1.78. The minimum Gasteiger partial charge on any atom is -0.274 e. The fraction of sp³-hybridized carbons (Fsp3) is 0.188. The topological polar surface area (TPSA) is 29.5 Å². The highest BCUT2D eigenvalue weighted by atomic mass is 32.2. The summed E-state index contributed by atoms with van der Waals surface area (Å²) in [5.41, 5.74) is 1.90. The van der Waals surface area contributed by atoms with E-state index in [0.717, 1.165) is 10.6 Å². The molecule has 0 bridgehead atoms. The fourth-order valence-electron chi connectivity index (χ4n) is 1.76. The van der Waals surface area contributed by atoms with Crippen molar-refractivity contribution in [2.75, 3.05) is 14.2 Å². The van der Waals surface area contributed by atoms with Gasteiger partial charge in [-0.05, 0) is 17.7 Å². The summed E-state index contributed by atoms with van der Waals surface area (Å²) in [6, 6.07) is 17.8. The van der Waals surface area contributed by atoms with Crippen LogP contribution in [0.25, 0.3) is 0 Å². The molecule has 2 aromatic rings. The smallest absolute Gasteiger partial charge is 0.274 e. The van der Waals surface area contributed by atoms with Crippen molar-refractivity contribution in [3.8, 4) is 0 Å². The number of hydrogen-bond donors (Lipinski definition) is 0. The molecule has 0 spiro atoms. The minimum atomic E-state index is -0.135. The number of hydroxylamine groups is 2. The van der Waals surface area contributed by atoms with Crippen LogP contribution in [-0.2, 0) is 10.6 Å². The first-order valence-electron chi connectivity index (χ1n) is 6.30. The summed E-state index contributed by atoms with van der Waals surface area (Å²) < 4.78 is 0. The highest BCUT2D eigenvalue weighted by Crippen LogP contribution is 2.27. The third-order valence-corrected chi connectivity index (χ3v) is 4.06. The van der Waals surface area contributed by atoms with Crippen LogP contribution in [0.5, 0.6) is 0 Å². The zero-order valence-electron chi connectivity index (χ0n) is 11.6. The van der Waals surface area contributed by atoms with E-state index in [9.17, 15) is 4.79 Å². The Morgan fingerprint density at radius 1 is 1.10 bits per heavy atom. The van der Waals surface area contributed by atoms with Gasteiger partial charge in [0.15, 0.2) is 0 Å². The molecule has 0 saturated carbocycles. The number of nitrogens with zero attached hydrogens (tertiary/aromatic N) is 1. The molecular weight excluding hydrogens is 270 g/mol. The average Bonchev–Trinajstić information content (AvgIpc) is 2.52. The minimum absolute atomic E-state index is 0.135. The largest absolute Gasteiger partial charge is 0.278 e. The number of thioether (sulfide) groups is 1. The monoisotopic (exact) mass is 287 g/mol. The van der Waals surface area contributed by atoms with E-state index in [-0.39, 0.29) is 5.91 Å². The highest BCUT2D eigenvalue weighted by Gasteiger charge is 2.15. The Morgan fingerprint density at radius 2 is 1.75 bits per heavy atom. The van der Waals surface area contributed by atoms with Gasteiger partial charge in [0.05, 0.1) is 12.7 Å². The van der Waals surface area contributed by atoms with Crippen molar-refractivity contribution in [3.05, 3.63) is 65.7 Å². The van der Waals surface area contributed by atoms with Crippen LogP contribution in [0.4, 0.5) is 0 Å². The first-order chi connectivity index (χ1) is 9.72. The van der Waals surface area contributed by atoms with Gasteiger partial charge in [0.2, 0.25) is 0 Å². The molecule has 20 heavy (non-hydrogen) atoms. The zero-order valence-corrected chi connectivity index (χ0v) is 12.4. The van der Waals surface area contributed by atoms with Crippen molar-refractivity contribution < 1.29 is 9.63 Å². The molecule has 2 aromatic carbocycles. The molecule has 4 heteroatoms. The summed E-state index contributed by atoms with van der Waals surface area (Å²) in [6.07, 6.45) is 0. The maximum absolute atomic E-state index is 12.2. The van der Waals surface area contributed by atoms with Gasteiger partial charge in [0, 0.05) is 17.7 Å². The molecule has 0 atom stereocenters. The number of benzene rings is 2. The van der Waals surface area contributed by atoms with Crippen molar-refractivity contribution in [2.24, 2.45) is 0 Å². The van der Waals surface area contributed by atoms with E-state index in [4.69, 9.17) is 4.84 Å². The van der Waals surface area contributed by atoms with Crippen LogP contribution in [0.3, 0.4) is 0 Å². The summed E-state index contributed by atoms with van der Waals surface area (Å²) >= 11 is 1.65. The predicted molar refractivity (Wildman–Crippen MR) is 81.5 cm³/mol. The van der Waals surface area contributed by atoms with Crippen LogP contribution in [0, 0.1) is 0 Å². The van der Waals surface area contributed by atoms with Gasteiger partial charge < -0.3 is 0 Å². The maximum atomic E-state index is 12.2. The van der Waals surface area contributed by atoms with E-state index >= 15 is 0 Å². The van der Waals surface area contributed by atoms with Crippen LogP contribution >= 0.6 is 11.8 Å². The molecule has 0 aliphatic heterocycles. The Kier molecular flexibility index (Phi) is 5.21. The molecule has 2 rings (SSSR count). The zero-order chi connectivity index (χ0) is 14.4. The normalized spacial score (nSPS) is 10.3. The number of amides is 1. The molecule has 0 aliphatic carbocycles. The number of rotatable bonds is 5. The van der Waals surface area contributed by atoms with E-state index in [1.165, 1.54) is 17.7 Å². The highest BCUT2D eigenvalue weighted by molar-refractivity contribution is 7.98. The molecule has 0 saturated heterocycles. The summed E-state index contributed by atoms with van der Waals surface area (Å²) in [6.45, 7) is 0. The molecular formula is C16H17NO2S. The van der Waals surface area contributed by atoms with Crippen molar-refractivity contribution in [3.63, 3.8) is 0 Å². The molecule has 0 aliphatic rings. The van der Waals surface area contributed by atoms with Crippen molar-refractivity contribution in [2.45, 2.75) is 10.6 Å². The predicted octanol–water partition coefficient (Wildman–Crippen LogP) is 3.61. The molecule has 0 fully saturated rings. The summed E-state index contributed by atoms with van der Waals surface area (Å²) in [5.74, 6) is 0.700. The van der Waals surface area contributed by atoms with Crippen LogP contribution < -0.4 is 0 Å².